The number of epoxide rings is 1. The lowest BCUT2D eigenvalue weighted by Crippen LogP contribution is -2.01. The zero-order valence-electron chi connectivity index (χ0n) is 7.67. The van der Waals surface area contributed by atoms with Crippen LogP contribution in [0.25, 0.3) is 0 Å². The highest BCUT2D eigenvalue weighted by molar-refractivity contribution is 7.99. The van der Waals surface area contributed by atoms with Crippen molar-refractivity contribution >= 4 is 11.8 Å². The van der Waals surface area contributed by atoms with Gasteiger partial charge in [-0.15, -0.1) is 0 Å². The molecule has 2 rings (SSSR count). The van der Waals surface area contributed by atoms with Gasteiger partial charge in [0.2, 0.25) is 0 Å². The number of benzene rings is 1. The highest BCUT2D eigenvalue weighted by atomic mass is 32.2. The van der Waals surface area contributed by atoms with Crippen molar-refractivity contribution in [3.05, 3.63) is 29.8 Å². The number of hydrogen-bond acceptors (Lipinski definition) is 2. The predicted molar refractivity (Wildman–Crippen MR) is 51.6 cm³/mol. The van der Waals surface area contributed by atoms with Crippen LogP contribution in [0.15, 0.2) is 29.2 Å². The molecule has 1 heterocycles. The highest BCUT2D eigenvalue weighted by Gasteiger charge is 2.40. The van der Waals surface area contributed by atoms with Crippen molar-refractivity contribution < 1.29 is 13.5 Å². The molecular weight excluding hydrogens is 206 g/mol. The largest absolute Gasteiger partial charge is 0.365 e. The summed E-state index contributed by atoms with van der Waals surface area (Å²) in [7, 11) is 0. The lowest BCUT2D eigenvalue weighted by Gasteiger charge is -2.06. The Kier molecular flexibility index (Phi) is 2.49. The normalized spacial score (nSPS) is 25.4. The molecule has 0 aliphatic carbocycles. The zero-order valence-corrected chi connectivity index (χ0v) is 8.48. The van der Waals surface area contributed by atoms with Crippen molar-refractivity contribution in [2.75, 3.05) is 6.61 Å². The van der Waals surface area contributed by atoms with Crippen LogP contribution in [-0.4, -0.2) is 12.4 Å². The van der Waals surface area contributed by atoms with Gasteiger partial charge in [-0.05, 0) is 24.6 Å². The Balaban J connectivity index is 2.10. The van der Waals surface area contributed by atoms with Crippen molar-refractivity contribution in [2.45, 2.75) is 23.2 Å². The van der Waals surface area contributed by atoms with Gasteiger partial charge in [-0.2, -0.15) is 8.78 Å². The van der Waals surface area contributed by atoms with Crippen LogP contribution < -0.4 is 0 Å². The van der Waals surface area contributed by atoms with Crippen LogP contribution in [0, 0.1) is 0 Å². The molecule has 1 saturated heterocycles. The van der Waals surface area contributed by atoms with Crippen LogP contribution in [0.3, 0.4) is 0 Å². The molecule has 1 nitrogen and oxygen atoms in total. The van der Waals surface area contributed by atoms with Crippen molar-refractivity contribution in [2.24, 2.45) is 0 Å². The number of halogens is 2. The lowest BCUT2D eigenvalue weighted by molar-refractivity contribution is 0.252. The second-order valence-corrected chi connectivity index (χ2v) is 4.49. The monoisotopic (exact) mass is 216 g/mol. The zero-order chi connectivity index (χ0) is 10.2. The van der Waals surface area contributed by atoms with E-state index in [1.807, 2.05) is 19.1 Å². The molecule has 0 N–H and O–H groups in total. The summed E-state index contributed by atoms with van der Waals surface area (Å²) in [6.45, 7) is 2.70. The van der Waals surface area contributed by atoms with Gasteiger partial charge < -0.3 is 4.74 Å². The molecule has 4 heteroatoms. The molecule has 0 amide bonds. The van der Waals surface area contributed by atoms with Gasteiger partial charge in [0.15, 0.2) is 0 Å². The summed E-state index contributed by atoms with van der Waals surface area (Å²) in [5, 5.41) is 0. The van der Waals surface area contributed by atoms with Gasteiger partial charge in [0.25, 0.3) is 5.76 Å². The molecule has 0 radical (unpaired) electrons. The van der Waals surface area contributed by atoms with Gasteiger partial charge in [-0.1, -0.05) is 23.9 Å². The smallest absolute Gasteiger partial charge is 0.288 e. The molecule has 0 spiro atoms. The molecule has 0 bridgehead atoms. The number of alkyl halides is 2. The first-order chi connectivity index (χ1) is 6.60. The van der Waals surface area contributed by atoms with Crippen molar-refractivity contribution in [1.82, 2.24) is 0 Å². The van der Waals surface area contributed by atoms with E-state index < -0.39 is 5.76 Å². The third-order valence-corrected chi connectivity index (χ3v) is 2.99. The molecular formula is C10H10F2OS. The predicted octanol–water partition coefficient (Wildman–Crippen LogP) is 3.25. The van der Waals surface area contributed by atoms with Gasteiger partial charge in [0.1, 0.15) is 5.60 Å². The van der Waals surface area contributed by atoms with E-state index in [0.29, 0.717) is 23.3 Å². The van der Waals surface area contributed by atoms with Gasteiger partial charge in [-0.25, -0.2) is 0 Å². The topological polar surface area (TPSA) is 12.5 Å². The first kappa shape index (κ1) is 9.93. The minimum Gasteiger partial charge on any atom is -0.365 e. The number of hydrogen-bond donors (Lipinski definition) is 0. The molecule has 1 aliphatic rings. The lowest BCUT2D eigenvalue weighted by atomic mass is 10.0. The first-order valence-corrected chi connectivity index (χ1v) is 5.17. The SMILES string of the molecule is CC1(c2ccc(SC(F)F)cc2)CO1. The summed E-state index contributed by atoms with van der Waals surface area (Å²) in [5.74, 6) is -2.35. The van der Waals surface area contributed by atoms with E-state index in [1.54, 1.807) is 12.1 Å². The third kappa shape index (κ3) is 2.07. The Morgan fingerprint density at radius 2 is 1.93 bits per heavy atom. The maximum absolute atomic E-state index is 12.0. The van der Waals surface area contributed by atoms with Crippen molar-refractivity contribution in [3.8, 4) is 0 Å². The minimum atomic E-state index is -2.35. The fourth-order valence-corrected chi connectivity index (χ4v) is 1.76. The molecule has 1 unspecified atom stereocenters. The Morgan fingerprint density at radius 1 is 1.36 bits per heavy atom. The Bertz CT molecular complexity index is 319. The van der Waals surface area contributed by atoms with E-state index in [1.165, 1.54) is 0 Å². The molecule has 0 saturated carbocycles. The summed E-state index contributed by atoms with van der Waals surface area (Å²) in [5.41, 5.74) is 0.879. The van der Waals surface area contributed by atoms with Crippen LogP contribution in [0.5, 0.6) is 0 Å². The third-order valence-electron chi connectivity index (χ3n) is 2.27. The van der Waals surface area contributed by atoms with Crippen LogP contribution in [-0.2, 0) is 10.3 Å². The van der Waals surface area contributed by atoms with Gasteiger partial charge in [0.05, 0.1) is 6.61 Å². The fraction of sp³-hybridized carbons (Fsp3) is 0.400. The maximum atomic E-state index is 12.0. The Hall–Kier alpha value is -0.610. The minimum absolute atomic E-state index is 0.173. The highest BCUT2D eigenvalue weighted by Crippen LogP contribution is 2.38. The summed E-state index contributed by atoms with van der Waals surface area (Å²) in [6.07, 6.45) is 0. The van der Waals surface area contributed by atoms with E-state index in [0.717, 1.165) is 5.56 Å². The average molecular weight is 216 g/mol. The standard InChI is InChI=1S/C10H10F2OS/c1-10(6-13-10)7-2-4-8(5-3-7)14-9(11)12/h2-5,9H,6H2,1H3. The molecule has 1 fully saturated rings. The summed E-state index contributed by atoms with van der Waals surface area (Å²) >= 11 is 0.564. The van der Waals surface area contributed by atoms with Gasteiger partial charge in [-0.3, -0.25) is 0 Å². The summed E-state index contributed by atoms with van der Waals surface area (Å²) < 4.78 is 29.3. The van der Waals surface area contributed by atoms with E-state index in [4.69, 9.17) is 4.74 Å². The summed E-state index contributed by atoms with van der Waals surface area (Å²) in [4.78, 5) is 0.591. The first-order valence-electron chi connectivity index (χ1n) is 4.29. The van der Waals surface area contributed by atoms with Crippen LogP contribution in [0.4, 0.5) is 8.78 Å². The second-order valence-electron chi connectivity index (χ2n) is 3.42. The van der Waals surface area contributed by atoms with E-state index >= 15 is 0 Å². The fourth-order valence-electron chi connectivity index (χ4n) is 1.26. The van der Waals surface area contributed by atoms with Crippen molar-refractivity contribution in [1.29, 1.82) is 0 Å². The average Bonchev–Trinajstić information content (AvgIpc) is 2.85. The van der Waals surface area contributed by atoms with E-state index in [2.05, 4.69) is 0 Å². The molecule has 1 aliphatic heterocycles. The molecule has 14 heavy (non-hydrogen) atoms. The maximum Gasteiger partial charge on any atom is 0.288 e. The van der Waals surface area contributed by atoms with Crippen molar-refractivity contribution in [3.63, 3.8) is 0 Å². The number of thioether (sulfide) groups is 1. The summed E-state index contributed by atoms with van der Waals surface area (Å²) in [6, 6.07) is 7.10. The van der Waals surface area contributed by atoms with Crippen LogP contribution in [0.2, 0.25) is 0 Å². The van der Waals surface area contributed by atoms with Gasteiger partial charge >= 0.3 is 0 Å². The van der Waals surface area contributed by atoms with E-state index in [-0.39, 0.29) is 5.60 Å². The van der Waals surface area contributed by atoms with E-state index in [9.17, 15) is 8.78 Å². The molecule has 76 valence electrons. The molecule has 0 aromatic heterocycles. The van der Waals surface area contributed by atoms with Crippen LogP contribution >= 0.6 is 11.8 Å². The van der Waals surface area contributed by atoms with Crippen LogP contribution in [0.1, 0.15) is 12.5 Å². The van der Waals surface area contributed by atoms with Gasteiger partial charge in [0, 0.05) is 4.90 Å². The quantitative estimate of drug-likeness (QED) is 0.568. The number of ether oxygens (including phenoxy) is 1. The second kappa shape index (κ2) is 3.51. The molecule has 1 atom stereocenters. The molecule has 1 aromatic carbocycles. The Morgan fingerprint density at radius 3 is 2.36 bits per heavy atom. The Labute approximate surface area is 85.5 Å². The molecule has 1 aromatic rings. The number of rotatable bonds is 3.